The first kappa shape index (κ1) is 5.88. The van der Waals surface area contributed by atoms with E-state index in [9.17, 15) is 0 Å². The smallest absolute Gasteiger partial charge is 0.143 e. The number of hydrogen-bond donors (Lipinski definition) is 2. The molecule has 0 spiro atoms. The Bertz CT molecular complexity index is 29.8. The van der Waals surface area contributed by atoms with E-state index in [-0.39, 0.29) is 0 Å². The highest BCUT2D eigenvalue weighted by atomic mass is 16.3. The SMILES string of the molecule is CC(O)C([NH])O. The summed E-state index contributed by atoms with van der Waals surface area (Å²) in [5, 5.41) is 16.2. The molecule has 0 saturated heterocycles. The van der Waals surface area contributed by atoms with Crippen molar-refractivity contribution in [2.45, 2.75) is 19.3 Å². The van der Waals surface area contributed by atoms with E-state index in [1.165, 1.54) is 6.92 Å². The van der Waals surface area contributed by atoms with Crippen molar-refractivity contribution in [1.82, 2.24) is 5.73 Å². The zero-order valence-electron chi connectivity index (χ0n) is 3.55. The summed E-state index contributed by atoms with van der Waals surface area (Å²) >= 11 is 0. The number of nitrogens with one attached hydrogen (secondary N) is 1. The van der Waals surface area contributed by atoms with Gasteiger partial charge in [0.25, 0.3) is 0 Å². The monoisotopic (exact) mass is 90.1 g/mol. The lowest BCUT2D eigenvalue weighted by atomic mass is 10.4. The van der Waals surface area contributed by atoms with E-state index in [4.69, 9.17) is 15.9 Å². The van der Waals surface area contributed by atoms with Crippen molar-refractivity contribution in [2.24, 2.45) is 0 Å². The summed E-state index contributed by atoms with van der Waals surface area (Å²) in [4.78, 5) is 0. The van der Waals surface area contributed by atoms with Crippen molar-refractivity contribution in [3.8, 4) is 0 Å². The van der Waals surface area contributed by atoms with Crippen molar-refractivity contribution >= 4 is 0 Å². The van der Waals surface area contributed by atoms with E-state index in [1.54, 1.807) is 0 Å². The number of aliphatic hydroxyl groups excluding tert-OH is 2. The number of aliphatic hydroxyl groups is 2. The third-order valence-electron chi connectivity index (χ3n) is 0.457. The lowest BCUT2D eigenvalue weighted by Crippen LogP contribution is -2.22. The van der Waals surface area contributed by atoms with Gasteiger partial charge >= 0.3 is 0 Å². The van der Waals surface area contributed by atoms with Crippen LogP contribution in [0.25, 0.3) is 0 Å². The average Bonchev–Trinajstić information content (AvgIpc) is 1.36. The minimum Gasteiger partial charge on any atom is -0.389 e. The lowest BCUT2D eigenvalue weighted by molar-refractivity contribution is 0.0309. The number of rotatable bonds is 1. The van der Waals surface area contributed by atoms with Crippen molar-refractivity contribution in [3.05, 3.63) is 0 Å². The fraction of sp³-hybridized carbons (Fsp3) is 1.00. The summed E-state index contributed by atoms with van der Waals surface area (Å²) in [6, 6.07) is 0. The molecule has 1 radical (unpaired) electrons. The first-order chi connectivity index (χ1) is 2.64. The first-order valence-corrected chi connectivity index (χ1v) is 1.72. The van der Waals surface area contributed by atoms with Gasteiger partial charge < -0.3 is 10.2 Å². The summed E-state index contributed by atoms with van der Waals surface area (Å²) in [5.41, 5.74) is 6.34. The molecule has 3 N–H and O–H groups in total. The zero-order chi connectivity index (χ0) is 5.15. The van der Waals surface area contributed by atoms with Crippen molar-refractivity contribution in [2.75, 3.05) is 0 Å². The standard InChI is InChI=1S/C3H8NO2/c1-2(5)3(4)6/h2-6H,1H3. The van der Waals surface area contributed by atoms with Crippen LogP contribution in [0, 0.1) is 0 Å². The summed E-state index contributed by atoms with van der Waals surface area (Å²) in [7, 11) is 0. The topological polar surface area (TPSA) is 64.3 Å². The molecule has 6 heavy (non-hydrogen) atoms. The molecule has 2 unspecified atom stereocenters. The zero-order valence-corrected chi connectivity index (χ0v) is 3.55. The van der Waals surface area contributed by atoms with Crippen molar-refractivity contribution < 1.29 is 10.2 Å². The Hall–Kier alpha value is -0.120. The van der Waals surface area contributed by atoms with Gasteiger partial charge in [-0.3, -0.25) is 0 Å². The van der Waals surface area contributed by atoms with Gasteiger partial charge in [0.15, 0.2) is 0 Å². The van der Waals surface area contributed by atoms with Gasteiger partial charge in [-0.15, -0.1) is 0 Å². The highest BCUT2D eigenvalue weighted by Crippen LogP contribution is 1.80. The van der Waals surface area contributed by atoms with Gasteiger partial charge in [-0.25, -0.2) is 5.73 Å². The maximum atomic E-state index is 8.19. The fourth-order valence-electron chi connectivity index (χ4n) is 0. The van der Waals surface area contributed by atoms with Gasteiger partial charge in [0.05, 0.1) is 6.10 Å². The van der Waals surface area contributed by atoms with Crippen LogP contribution in [0.5, 0.6) is 0 Å². The van der Waals surface area contributed by atoms with Crippen LogP contribution in [0.15, 0.2) is 0 Å². The molecule has 0 aliphatic heterocycles. The lowest BCUT2D eigenvalue weighted by Gasteiger charge is -2.02. The summed E-state index contributed by atoms with van der Waals surface area (Å²) in [6.07, 6.45) is -2.27. The van der Waals surface area contributed by atoms with E-state index >= 15 is 0 Å². The Morgan fingerprint density at radius 3 is 1.67 bits per heavy atom. The van der Waals surface area contributed by atoms with Gasteiger partial charge in [0, 0.05) is 0 Å². The van der Waals surface area contributed by atoms with Crippen molar-refractivity contribution in [1.29, 1.82) is 0 Å². The van der Waals surface area contributed by atoms with Crippen LogP contribution in [0.3, 0.4) is 0 Å². The molecule has 0 aromatic rings. The summed E-state index contributed by atoms with van der Waals surface area (Å²) in [6.45, 7) is 1.36. The molecule has 0 aromatic carbocycles. The van der Waals surface area contributed by atoms with E-state index in [1.807, 2.05) is 0 Å². The molecule has 0 aliphatic carbocycles. The molecular weight excluding hydrogens is 82.0 g/mol. The first-order valence-electron chi connectivity index (χ1n) is 1.72. The molecule has 2 atom stereocenters. The second-order valence-electron chi connectivity index (χ2n) is 1.19. The van der Waals surface area contributed by atoms with E-state index in [0.717, 1.165) is 0 Å². The van der Waals surface area contributed by atoms with Crippen LogP contribution >= 0.6 is 0 Å². The largest absolute Gasteiger partial charge is 0.389 e. The van der Waals surface area contributed by atoms with Crippen LogP contribution in [-0.4, -0.2) is 22.5 Å². The molecule has 3 heteroatoms. The molecule has 37 valence electrons. The summed E-state index contributed by atoms with van der Waals surface area (Å²) in [5.74, 6) is 0. The van der Waals surface area contributed by atoms with Crippen molar-refractivity contribution in [3.63, 3.8) is 0 Å². The van der Waals surface area contributed by atoms with E-state index < -0.39 is 12.3 Å². The molecule has 0 aliphatic rings. The minimum atomic E-state index is -1.34. The molecular formula is C3H8NO2. The van der Waals surface area contributed by atoms with Crippen LogP contribution < -0.4 is 5.73 Å². The minimum absolute atomic E-state index is 0.926. The molecule has 3 nitrogen and oxygen atoms in total. The Morgan fingerprint density at radius 2 is 1.67 bits per heavy atom. The van der Waals surface area contributed by atoms with Gasteiger partial charge in [0.2, 0.25) is 0 Å². The Balaban J connectivity index is 2.99. The fourth-order valence-corrected chi connectivity index (χ4v) is 0. The Labute approximate surface area is 36.4 Å². The quantitative estimate of drug-likeness (QED) is 0.432. The highest BCUT2D eigenvalue weighted by molar-refractivity contribution is 4.48. The predicted molar refractivity (Wildman–Crippen MR) is 20.8 cm³/mol. The van der Waals surface area contributed by atoms with Crippen LogP contribution in [-0.2, 0) is 0 Å². The van der Waals surface area contributed by atoms with Gasteiger partial charge in [-0.2, -0.15) is 0 Å². The molecule has 0 heterocycles. The summed E-state index contributed by atoms with van der Waals surface area (Å²) < 4.78 is 0. The van der Waals surface area contributed by atoms with Gasteiger partial charge in [-0.05, 0) is 6.92 Å². The van der Waals surface area contributed by atoms with E-state index in [0.29, 0.717) is 0 Å². The molecule has 0 saturated carbocycles. The molecule has 0 amide bonds. The van der Waals surface area contributed by atoms with Gasteiger partial charge in [-0.1, -0.05) is 0 Å². The molecule has 0 fully saturated rings. The Kier molecular flexibility index (Phi) is 2.08. The second-order valence-corrected chi connectivity index (χ2v) is 1.19. The van der Waals surface area contributed by atoms with Crippen LogP contribution in [0.1, 0.15) is 6.92 Å². The van der Waals surface area contributed by atoms with Gasteiger partial charge in [0.1, 0.15) is 6.23 Å². The normalized spacial score (nSPS) is 20.0. The third kappa shape index (κ3) is 2.14. The molecule has 0 aromatic heterocycles. The molecule has 0 bridgehead atoms. The maximum Gasteiger partial charge on any atom is 0.143 e. The Morgan fingerprint density at radius 1 is 1.50 bits per heavy atom. The third-order valence-corrected chi connectivity index (χ3v) is 0.457. The molecule has 0 rings (SSSR count). The second kappa shape index (κ2) is 2.12. The number of hydrogen-bond acceptors (Lipinski definition) is 2. The maximum absolute atomic E-state index is 8.19. The average molecular weight is 90.1 g/mol. The van der Waals surface area contributed by atoms with Crippen LogP contribution in [0.4, 0.5) is 0 Å². The van der Waals surface area contributed by atoms with E-state index in [2.05, 4.69) is 0 Å². The predicted octanol–water partition coefficient (Wildman–Crippen LogP) is -1.03. The van der Waals surface area contributed by atoms with Crippen LogP contribution in [0.2, 0.25) is 0 Å². The highest BCUT2D eigenvalue weighted by Gasteiger charge is 2.01.